The summed E-state index contributed by atoms with van der Waals surface area (Å²) in [6, 6.07) is 11.7. The number of nitrogens with two attached hydrogens (primary N) is 1. The van der Waals surface area contributed by atoms with Crippen LogP contribution in [0.5, 0.6) is 5.75 Å². The number of methoxy groups -OCH3 is 1. The smallest absolute Gasteiger partial charge is 0.338 e. The van der Waals surface area contributed by atoms with Crippen LogP contribution in [-0.2, 0) is 11.3 Å². The Balaban J connectivity index is 2.06. The normalized spacial score (nSPS) is 10.1. The summed E-state index contributed by atoms with van der Waals surface area (Å²) >= 11 is 0. The van der Waals surface area contributed by atoms with Crippen molar-refractivity contribution >= 4 is 11.9 Å². The summed E-state index contributed by atoms with van der Waals surface area (Å²) in [7, 11) is 1.57. The molecule has 2 rings (SSSR count). The van der Waals surface area contributed by atoms with Gasteiger partial charge in [0.15, 0.2) is 0 Å². The van der Waals surface area contributed by atoms with E-state index in [4.69, 9.17) is 15.2 Å². The molecule has 0 saturated heterocycles. The summed E-state index contributed by atoms with van der Waals surface area (Å²) in [5, 5.41) is 0. The van der Waals surface area contributed by atoms with Crippen LogP contribution in [0.2, 0.25) is 0 Å². The molecule has 0 fully saturated rings. The Morgan fingerprint density at radius 1 is 1.05 bits per heavy atom. The van der Waals surface area contributed by atoms with E-state index in [2.05, 4.69) is 0 Å². The average Bonchev–Trinajstić information content (AvgIpc) is 2.52. The van der Waals surface area contributed by atoms with E-state index in [1.165, 1.54) is 24.3 Å². The molecule has 0 aliphatic carbocycles. The number of carbonyl (C=O) groups excluding carboxylic acids is 2. The zero-order valence-electron chi connectivity index (χ0n) is 12.5. The molecule has 0 saturated carbocycles. The standard InChI is InChI=1S/C17H17NO4/c1-11-3-8-15(21-2)14(9-11)10-22-17(20)13-6-4-12(5-7-13)16(18)19/h3-9H,10H2,1-2H3,(H2,18,19). The van der Waals surface area contributed by atoms with Crippen molar-refractivity contribution in [3.63, 3.8) is 0 Å². The number of esters is 1. The van der Waals surface area contributed by atoms with E-state index in [0.717, 1.165) is 11.1 Å². The fraction of sp³-hybridized carbons (Fsp3) is 0.176. The maximum Gasteiger partial charge on any atom is 0.338 e. The molecule has 0 radical (unpaired) electrons. The Hall–Kier alpha value is -2.82. The fourth-order valence-electron chi connectivity index (χ4n) is 2.02. The highest BCUT2D eigenvalue weighted by atomic mass is 16.5. The number of amides is 1. The molecule has 0 heterocycles. The summed E-state index contributed by atoms with van der Waals surface area (Å²) in [6.45, 7) is 2.06. The number of rotatable bonds is 5. The van der Waals surface area contributed by atoms with Crippen LogP contribution in [0.3, 0.4) is 0 Å². The highest BCUT2D eigenvalue weighted by Gasteiger charge is 2.11. The Bertz CT molecular complexity index is 692. The summed E-state index contributed by atoms with van der Waals surface area (Å²) < 4.78 is 10.5. The molecule has 0 atom stereocenters. The fourth-order valence-corrected chi connectivity index (χ4v) is 2.02. The van der Waals surface area contributed by atoms with Gasteiger partial charge in [0.25, 0.3) is 0 Å². The third-order valence-electron chi connectivity index (χ3n) is 3.20. The summed E-state index contributed by atoms with van der Waals surface area (Å²) in [4.78, 5) is 23.0. The predicted octanol–water partition coefficient (Wildman–Crippen LogP) is 2.46. The first-order chi connectivity index (χ1) is 10.5. The van der Waals surface area contributed by atoms with Crippen molar-refractivity contribution in [3.05, 3.63) is 64.7 Å². The number of hydrogen-bond donors (Lipinski definition) is 1. The monoisotopic (exact) mass is 299 g/mol. The Labute approximate surface area is 128 Å². The van der Waals surface area contributed by atoms with Crippen LogP contribution in [0, 0.1) is 6.92 Å². The lowest BCUT2D eigenvalue weighted by Crippen LogP contribution is -2.11. The molecule has 0 aromatic heterocycles. The molecule has 0 unspecified atom stereocenters. The van der Waals surface area contributed by atoms with E-state index < -0.39 is 11.9 Å². The average molecular weight is 299 g/mol. The first kappa shape index (κ1) is 15.6. The van der Waals surface area contributed by atoms with Crippen LogP contribution in [0.15, 0.2) is 42.5 Å². The first-order valence-electron chi connectivity index (χ1n) is 6.72. The molecule has 22 heavy (non-hydrogen) atoms. The maximum absolute atomic E-state index is 12.0. The van der Waals surface area contributed by atoms with Gasteiger partial charge in [0.1, 0.15) is 12.4 Å². The Morgan fingerprint density at radius 3 is 2.27 bits per heavy atom. The van der Waals surface area contributed by atoms with Crippen molar-refractivity contribution in [2.75, 3.05) is 7.11 Å². The molecule has 0 aliphatic heterocycles. The number of benzene rings is 2. The quantitative estimate of drug-likeness (QED) is 0.860. The van der Waals surface area contributed by atoms with Crippen molar-refractivity contribution in [3.8, 4) is 5.75 Å². The highest BCUT2D eigenvalue weighted by molar-refractivity contribution is 5.95. The molecule has 2 aromatic rings. The molecule has 5 heteroatoms. The van der Waals surface area contributed by atoms with Gasteiger partial charge in [-0.15, -0.1) is 0 Å². The zero-order chi connectivity index (χ0) is 16.1. The lowest BCUT2D eigenvalue weighted by Gasteiger charge is -2.10. The molecule has 2 aromatic carbocycles. The molecule has 2 N–H and O–H groups in total. The van der Waals surface area contributed by atoms with Crippen molar-refractivity contribution in [1.82, 2.24) is 0 Å². The van der Waals surface area contributed by atoms with Crippen LogP contribution in [0.1, 0.15) is 31.8 Å². The van der Waals surface area contributed by atoms with Crippen molar-refractivity contribution in [2.45, 2.75) is 13.5 Å². The van der Waals surface area contributed by atoms with Gasteiger partial charge in [-0.1, -0.05) is 11.6 Å². The van der Waals surface area contributed by atoms with Gasteiger partial charge < -0.3 is 15.2 Å². The van der Waals surface area contributed by atoms with Crippen LogP contribution in [0.4, 0.5) is 0 Å². The van der Waals surface area contributed by atoms with E-state index >= 15 is 0 Å². The summed E-state index contributed by atoms with van der Waals surface area (Å²) in [6.07, 6.45) is 0. The Kier molecular flexibility index (Phi) is 4.78. The minimum atomic E-state index is -0.538. The molecule has 1 amide bonds. The van der Waals surface area contributed by atoms with Crippen LogP contribution in [-0.4, -0.2) is 19.0 Å². The van der Waals surface area contributed by atoms with Gasteiger partial charge in [-0.3, -0.25) is 4.79 Å². The van der Waals surface area contributed by atoms with Crippen LogP contribution < -0.4 is 10.5 Å². The minimum absolute atomic E-state index is 0.112. The predicted molar refractivity (Wildman–Crippen MR) is 81.8 cm³/mol. The SMILES string of the molecule is COc1ccc(C)cc1COC(=O)c1ccc(C(N)=O)cc1. The second-order valence-corrected chi connectivity index (χ2v) is 4.83. The van der Waals surface area contributed by atoms with Gasteiger partial charge in [0, 0.05) is 11.1 Å². The number of carbonyl (C=O) groups is 2. The summed E-state index contributed by atoms with van der Waals surface area (Å²) in [5.74, 6) is -0.341. The van der Waals surface area contributed by atoms with Crippen molar-refractivity contribution < 1.29 is 19.1 Å². The minimum Gasteiger partial charge on any atom is -0.496 e. The van der Waals surface area contributed by atoms with E-state index in [9.17, 15) is 9.59 Å². The lowest BCUT2D eigenvalue weighted by molar-refractivity contribution is 0.0470. The van der Waals surface area contributed by atoms with E-state index in [1.807, 2.05) is 25.1 Å². The molecule has 0 bridgehead atoms. The molecule has 114 valence electrons. The molecule has 0 aliphatic rings. The molecular weight excluding hydrogens is 282 g/mol. The number of primary amides is 1. The largest absolute Gasteiger partial charge is 0.496 e. The van der Waals surface area contributed by atoms with Gasteiger partial charge in [0.2, 0.25) is 5.91 Å². The van der Waals surface area contributed by atoms with Crippen LogP contribution >= 0.6 is 0 Å². The van der Waals surface area contributed by atoms with Crippen LogP contribution in [0.25, 0.3) is 0 Å². The molecular formula is C17H17NO4. The van der Waals surface area contributed by atoms with Gasteiger partial charge in [-0.2, -0.15) is 0 Å². The topological polar surface area (TPSA) is 78.6 Å². The van der Waals surface area contributed by atoms with E-state index in [1.54, 1.807) is 7.11 Å². The number of hydrogen-bond acceptors (Lipinski definition) is 4. The summed E-state index contributed by atoms with van der Waals surface area (Å²) in [5.41, 5.74) is 7.70. The van der Waals surface area contributed by atoms with Gasteiger partial charge >= 0.3 is 5.97 Å². The first-order valence-corrected chi connectivity index (χ1v) is 6.72. The number of aryl methyl sites for hydroxylation is 1. The lowest BCUT2D eigenvalue weighted by atomic mass is 10.1. The number of ether oxygens (including phenoxy) is 2. The van der Waals surface area contributed by atoms with Gasteiger partial charge in [0.05, 0.1) is 12.7 Å². The third-order valence-corrected chi connectivity index (χ3v) is 3.20. The Morgan fingerprint density at radius 2 is 1.68 bits per heavy atom. The molecule has 0 spiro atoms. The van der Waals surface area contributed by atoms with Crippen molar-refractivity contribution in [2.24, 2.45) is 5.73 Å². The second kappa shape index (κ2) is 6.76. The van der Waals surface area contributed by atoms with Gasteiger partial charge in [-0.05, 0) is 43.3 Å². The van der Waals surface area contributed by atoms with Gasteiger partial charge in [-0.25, -0.2) is 4.79 Å². The highest BCUT2D eigenvalue weighted by Crippen LogP contribution is 2.21. The van der Waals surface area contributed by atoms with E-state index in [0.29, 0.717) is 16.9 Å². The molecule has 5 nitrogen and oxygen atoms in total. The second-order valence-electron chi connectivity index (χ2n) is 4.83. The maximum atomic E-state index is 12.0. The van der Waals surface area contributed by atoms with Crippen molar-refractivity contribution in [1.29, 1.82) is 0 Å². The third kappa shape index (κ3) is 3.63. The zero-order valence-corrected chi connectivity index (χ0v) is 12.5. The van der Waals surface area contributed by atoms with E-state index in [-0.39, 0.29) is 6.61 Å².